The van der Waals surface area contributed by atoms with Crippen LogP contribution in [0.4, 0.5) is 10.8 Å². The number of benzene rings is 2. The van der Waals surface area contributed by atoms with Crippen molar-refractivity contribution < 1.29 is 0 Å². The summed E-state index contributed by atoms with van der Waals surface area (Å²) in [5.41, 5.74) is 2.36. The van der Waals surface area contributed by atoms with Gasteiger partial charge in [-0.1, -0.05) is 53.8 Å². The van der Waals surface area contributed by atoms with Gasteiger partial charge in [-0.25, -0.2) is 4.98 Å². The average molecular weight is 292 g/mol. The molecule has 4 rings (SSSR count). The highest BCUT2D eigenvalue weighted by atomic mass is 32.1. The Hall–Kier alpha value is -2.13. The molecule has 0 fully saturated rings. The van der Waals surface area contributed by atoms with E-state index in [-0.39, 0.29) is 0 Å². The van der Waals surface area contributed by atoms with Gasteiger partial charge in [-0.15, -0.1) is 0 Å². The highest BCUT2D eigenvalue weighted by molar-refractivity contribution is 7.16. The van der Waals surface area contributed by atoms with Crippen molar-refractivity contribution in [3.05, 3.63) is 59.1 Å². The lowest BCUT2D eigenvalue weighted by molar-refractivity contribution is 0.832. The van der Waals surface area contributed by atoms with Crippen LogP contribution < -0.4 is 5.32 Å². The highest BCUT2D eigenvalue weighted by Gasteiger charge is 2.11. The largest absolute Gasteiger partial charge is 0.331 e. The second-order valence-electron chi connectivity index (χ2n) is 5.28. The molecule has 0 amide bonds. The maximum absolute atomic E-state index is 4.77. The summed E-state index contributed by atoms with van der Waals surface area (Å²) in [5.74, 6) is 0. The van der Waals surface area contributed by atoms with Gasteiger partial charge in [0.2, 0.25) is 0 Å². The second-order valence-corrected chi connectivity index (χ2v) is 6.31. The summed E-state index contributed by atoms with van der Waals surface area (Å²) in [7, 11) is 0. The molecule has 0 radical (unpaired) electrons. The van der Waals surface area contributed by atoms with Crippen molar-refractivity contribution >= 4 is 39.0 Å². The van der Waals surface area contributed by atoms with E-state index >= 15 is 0 Å². The summed E-state index contributed by atoms with van der Waals surface area (Å²) in [6.45, 7) is 0. The predicted molar refractivity (Wildman–Crippen MR) is 91.3 cm³/mol. The van der Waals surface area contributed by atoms with E-state index in [1.807, 2.05) is 0 Å². The number of hydrogen-bond donors (Lipinski definition) is 1. The molecule has 104 valence electrons. The number of anilines is 2. The van der Waals surface area contributed by atoms with Crippen molar-refractivity contribution in [3.63, 3.8) is 0 Å². The van der Waals surface area contributed by atoms with Gasteiger partial charge >= 0.3 is 0 Å². The summed E-state index contributed by atoms with van der Waals surface area (Å²) in [5, 5.41) is 6.97. The number of nitrogens with zero attached hydrogens (tertiary/aromatic N) is 1. The summed E-state index contributed by atoms with van der Waals surface area (Å²) >= 11 is 1.74. The first-order chi connectivity index (χ1) is 10.4. The molecule has 0 saturated carbocycles. The Bertz CT molecular complexity index is 812. The van der Waals surface area contributed by atoms with Crippen LogP contribution in [-0.4, -0.2) is 4.98 Å². The monoisotopic (exact) mass is 292 g/mol. The van der Waals surface area contributed by atoms with E-state index in [4.69, 9.17) is 4.98 Å². The van der Waals surface area contributed by atoms with Gasteiger partial charge in [0.15, 0.2) is 5.13 Å². The number of rotatable bonds is 2. The van der Waals surface area contributed by atoms with Crippen molar-refractivity contribution in [2.24, 2.45) is 0 Å². The average Bonchev–Trinajstić information content (AvgIpc) is 2.76. The topological polar surface area (TPSA) is 24.9 Å². The number of aromatic nitrogens is 1. The number of nitrogens with one attached hydrogen (secondary N) is 1. The maximum Gasteiger partial charge on any atom is 0.187 e. The van der Waals surface area contributed by atoms with Crippen LogP contribution in [0.3, 0.4) is 0 Å². The van der Waals surface area contributed by atoms with E-state index in [1.54, 1.807) is 11.3 Å². The number of hydrogen-bond acceptors (Lipinski definition) is 3. The lowest BCUT2D eigenvalue weighted by atomic mass is 10.1. The Kier molecular flexibility index (Phi) is 3.20. The van der Waals surface area contributed by atoms with Gasteiger partial charge in [0.25, 0.3) is 0 Å². The van der Waals surface area contributed by atoms with Crippen molar-refractivity contribution in [3.8, 4) is 0 Å². The van der Waals surface area contributed by atoms with Crippen LogP contribution in [0, 0.1) is 0 Å². The molecular formula is C18H16N2S. The van der Waals surface area contributed by atoms with Crippen LogP contribution in [0.15, 0.2) is 48.5 Å². The van der Waals surface area contributed by atoms with Crippen LogP contribution in [0.2, 0.25) is 0 Å². The molecule has 3 aromatic rings. The van der Waals surface area contributed by atoms with Crippen LogP contribution >= 0.6 is 11.3 Å². The first-order valence-corrected chi connectivity index (χ1v) is 8.13. The van der Waals surface area contributed by atoms with E-state index in [9.17, 15) is 0 Å². The van der Waals surface area contributed by atoms with Gasteiger partial charge < -0.3 is 5.32 Å². The van der Waals surface area contributed by atoms with Gasteiger partial charge in [0.1, 0.15) is 0 Å². The molecule has 21 heavy (non-hydrogen) atoms. The molecule has 1 aliphatic carbocycles. The fourth-order valence-electron chi connectivity index (χ4n) is 2.75. The third-order valence-corrected chi connectivity index (χ3v) is 4.79. The lowest BCUT2D eigenvalue weighted by Crippen LogP contribution is -1.92. The molecule has 0 saturated heterocycles. The number of allylic oxidation sites excluding steroid dienone is 1. The molecule has 2 aromatic carbocycles. The molecule has 1 aromatic heterocycles. The van der Waals surface area contributed by atoms with Gasteiger partial charge in [-0.3, -0.25) is 0 Å². The quantitative estimate of drug-likeness (QED) is 0.685. The number of aryl methyl sites for hydroxylation is 1. The molecule has 1 N–H and O–H groups in total. The van der Waals surface area contributed by atoms with Crippen molar-refractivity contribution in [1.82, 2.24) is 4.98 Å². The van der Waals surface area contributed by atoms with E-state index < -0.39 is 0 Å². The van der Waals surface area contributed by atoms with Crippen LogP contribution in [-0.2, 0) is 6.42 Å². The Labute approximate surface area is 128 Å². The Balaban J connectivity index is 1.72. The Morgan fingerprint density at radius 1 is 1.05 bits per heavy atom. The predicted octanol–water partition coefficient (Wildman–Crippen LogP) is 5.39. The van der Waals surface area contributed by atoms with Gasteiger partial charge in [0.05, 0.1) is 10.6 Å². The van der Waals surface area contributed by atoms with Crippen molar-refractivity contribution in [2.45, 2.75) is 19.3 Å². The Morgan fingerprint density at radius 2 is 1.95 bits per heavy atom. The zero-order chi connectivity index (χ0) is 14.1. The van der Waals surface area contributed by atoms with Crippen LogP contribution in [0.25, 0.3) is 16.8 Å². The van der Waals surface area contributed by atoms with E-state index in [0.29, 0.717) is 0 Å². The molecule has 0 bridgehead atoms. The fraction of sp³-hybridized carbons (Fsp3) is 0.167. The molecule has 0 unspecified atom stereocenters. The molecule has 0 spiro atoms. The Morgan fingerprint density at radius 3 is 2.95 bits per heavy atom. The van der Waals surface area contributed by atoms with Crippen LogP contribution in [0.1, 0.15) is 23.4 Å². The third-order valence-electron chi connectivity index (χ3n) is 3.81. The lowest BCUT2D eigenvalue weighted by Gasteiger charge is -2.06. The highest BCUT2D eigenvalue weighted by Crippen LogP contribution is 2.32. The first kappa shape index (κ1) is 12.6. The molecule has 2 nitrogen and oxygen atoms in total. The summed E-state index contributed by atoms with van der Waals surface area (Å²) in [6.07, 6.45) is 7.91. The fourth-order valence-corrected chi connectivity index (χ4v) is 3.71. The first-order valence-electron chi connectivity index (χ1n) is 7.31. The normalized spacial score (nSPS) is 13.9. The number of thiazole rings is 1. The SMILES string of the molecule is C1=Cc2sc(Nc3cccc4ccccc34)nc2CCC1. The minimum Gasteiger partial charge on any atom is -0.331 e. The molecule has 1 heterocycles. The summed E-state index contributed by atoms with van der Waals surface area (Å²) in [6, 6.07) is 14.8. The van der Waals surface area contributed by atoms with Crippen molar-refractivity contribution in [2.75, 3.05) is 5.32 Å². The van der Waals surface area contributed by atoms with E-state index in [0.717, 1.165) is 23.7 Å². The van der Waals surface area contributed by atoms with Gasteiger partial charge in [-0.05, 0) is 36.8 Å². The van der Waals surface area contributed by atoms with Gasteiger partial charge in [0, 0.05) is 11.1 Å². The third kappa shape index (κ3) is 2.45. The second kappa shape index (κ2) is 5.34. The zero-order valence-corrected chi connectivity index (χ0v) is 12.5. The van der Waals surface area contributed by atoms with Crippen LogP contribution in [0.5, 0.6) is 0 Å². The summed E-state index contributed by atoms with van der Waals surface area (Å²) < 4.78 is 0. The van der Waals surface area contributed by atoms with E-state index in [1.165, 1.54) is 27.8 Å². The summed E-state index contributed by atoms with van der Waals surface area (Å²) in [4.78, 5) is 6.07. The molecule has 3 heteroatoms. The van der Waals surface area contributed by atoms with E-state index in [2.05, 4.69) is 59.9 Å². The van der Waals surface area contributed by atoms with Crippen molar-refractivity contribution in [1.29, 1.82) is 0 Å². The zero-order valence-electron chi connectivity index (χ0n) is 11.7. The van der Waals surface area contributed by atoms with Gasteiger partial charge in [-0.2, -0.15) is 0 Å². The molecular weight excluding hydrogens is 276 g/mol. The molecule has 0 aliphatic heterocycles. The maximum atomic E-state index is 4.77. The minimum atomic E-state index is 0.989. The minimum absolute atomic E-state index is 0.989. The molecule has 0 atom stereocenters. The number of fused-ring (bicyclic) bond motifs is 2. The smallest absolute Gasteiger partial charge is 0.187 e. The molecule has 1 aliphatic rings. The standard InChI is InChI=1S/C18H16N2S/c1-2-10-16-17(12-3-1)21-18(20-16)19-15-11-6-8-13-7-4-5-9-14(13)15/h3-9,11-12H,1-2,10H2,(H,19,20).